The van der Waals surface area contributed by atoms with Crippen LogP contribution in [0, 0.1) is 6.92 Å². The van der Waals surface area contributed by atoms with E-state index in [9.17, 15) is 0 Å². The number of rotatable bonds is 2. The molecule has 0 unspecified atom stereocenters. The third-order valence-corrected chi connectivity index (χ3v) is 4.53. The minimum atomic E-state index is 0.639. The van der Waals surface area contributed by atoms with Crippen molar-refractivity contribution in [3.05, 3.63) is 57.7 Å². The third kappa shape index (κ3) is 2.60. The summed E-state index contributed by atoms with van der Waals surface area (Å²) in [5, 5.41) is 5.79. The second kappa shape index (κ2) is 5.59. The number of fused-ring (bicyclic) bond motifs is 1. The fourth-order valence-corrected chi connectivity index (χ4v) is 3.62. The Bertz CT molecular complexity index is 921. The van der Waals surface area contributed by atoms with E-state index >= 15 is 0 Å². The van der Waals surface area contributed by atoms with E-state index in [1.54, 1.807) is 6.07 Å². The number of nitrogens with zero attached hydrogens (tertiary/aromatic N) is 1. The zero-order chi connectivity index (χ0) is 16.0. The molecule has 4 rings (SSSR count). The highest BCUT2D eigenvalue weighted by Gasteiger charge is 2.17. The van der Waals surface area contributed by atoms with Crippen molar-refractivity contribution in [2.75, 3.05) is 13.1 Å². The van der Waals surface area contributed by atoms with Crippen molar-refractivity contribution in [3.8, 4) is 11.1 Å². The Morgan fingerprint density at radius 3 is 2.48 bits per heavy atom. The standard InChI is InChI=1S/C18H15Cl2N3/c1-10-17(18-21-4-5-22-18)15-8-11(2-3-16(15)23-10)12-6-13(19)9-14(20)7-12/h2-3,6-9,23H,4-5H2,1H3,(H,21,22). The number of hydrogen-bond donors (Lipinski definition) is 2. The molecule has 1 aliphatic rings. The van der Waals surface area contributed by atoms with E-state index in [0.717, 1.165) is 52.2 Å². The van der Waals surface area contributed by atoms with E-state index in [0.29, 0.717) is 10.0 Å². The molecule has 0 radical (unpaired) electrons. The van der Waals surface area contributed by atoms with Crippen LogP contribution in [-0.4, -0.2) is 23.9 Å². The Kier molecular flexibility index (Phi) is 3.55. The Morgan fingerprint density at radius 1 is 1.00 bits per heavy atom. The van der Waals surface area contributed by atoms with Gasteiger partial charge in [-0.2, -0.15) is 0 Å². The molecule has 0 saturated heterocycles. The van der Waals surface area contributed by atoms with Crippen LogP contribution in [0.5, 0.6) is 0 Å². The van der Waals surface area contributed by atoms with Crippen LogP contribution in [0.25, 0.3) is 22.0 Å². The molecule has 23 heavy (non-hydrogen) atoms. The molecule has 3 nitrogen and oxygen atoms in total. The molecule has 0 spiro atoms. The first-order valence-electron chi connectivity index (χ1n) is 7.49. The highest BCUT2D eigenvalue weighted by molar-refractivity contribution is 6.35. The van der Waals surface area contributed by atoms with Crippen LogP contribution >= 0.6 is 23.2 Å². The lowest BCUT2D eigenvalue weighted by Gasteiger charge is -2.06. The summed E-state index contributed by atoms with van der Waals surface area (Å²) in [6.07, 6.45) is 0. The van der Waals surface area contributed by atoms with Gasteiger partial charge in [0.25, 0.3) is 0 Å². The van der Waals surface area contributed by atoms with Crippen molar-refractivity contribution in [1.82, 2.24) is 10.3 Å². The average molecular weight is 344 g/mol. The molecule has 0 atom stereocenters. The van der Waals surface area contributed by atoms with Crippen molar-refractivity contribution in [1.29, 1.82) is 0 Å². The number of aliphatic imine (C=N–C) groups is 1. The molecule has 2 N–H and O–H groups in total. The molecule has 3 aromatic rings. The van der Waals surface area contributed by atoms with E-state index in [4.69, 9.17) is 23.2 Å². The number of aromatic nitrogens is 1. The smallest absolute Gasteiger partial charge is 0.130 e. The lowest BCUT2D eigenvalue weighted by molar-refractivity contribution is 0.960. The summed E-state index contributed by atoms with van der Waals surface area (Å²) in [5.74, 6) is 0.968. The summed E-state index contributed by atoms with van der Waals surface area (Å²) in [6.45, 7) is 3.80. The first-order chi connectivity index (χ1) is 11.1. The van der Waals surface area contributed by atoms with Crippen LogP contribution in [-0.2, 0) is 0 Å². The number of hydrogen-bond acceptors (Lipinski definition) is 2. The van der Waals surface area contributed by atoms with Crippen molar-refractivity contribution < 1.29 is 0 Å². The highest BCUT2D eigenvalue weighted by atomic mass is 35.5. The minimum Gasteiger partial charge on any atom is -0.368 e. The van der Waals surface area contributed by atoms with E-state index in [-0.39, 0.29) is 0 Å². The van der Waals surface area contributed by atoms with Gasteiger partial charge in [-0.25, -0.2) is 0 Å². The van der Waals surface area contributed by atoms with Crippen LogP contribution in [0.1, 0.15) is 11.3 Å². The second-order valence-corrected chi connectivity index (χ2v) is 6.57. The van der Waals surface area contributed by atoms with E-state index < -0.39 is 0 Å². The molecule has 5 heteroatoms. The summed E-state index contributed by atoms with van der Waals surface area (Å²) in [4.78, 5) is 8.00. The van der Waals surface area contributed by atoms with Gasteiger partial charge in [0, 0.05) is 38.8 Å². The SMILES string of the molecule is Cc1[nH]c2ccc(-c3cc(Cl)cc(Cl)c3)cc2c1C1=NCCN1. The monoisotopic (exact) mass is 343 g/mol. The predicted octanol–water partition coefficient (Wildman–Crippen LogP) is 4.80. The fraction of sp³-hybridized carbons (Fsp3) is 0.167. The summed E-state index contributed by atoms with van der Waals surface area (Å²) in [6, 6.07) is 11.9. The van der Waals surface area contributed by atoms with Crippen molar-refractivity contribution in [2.45, 2.75) is 6.92 Å². The zero-order valence-electron chi connectivity index (χ0n) is 12.6. The Labute approximate surface area is 144 Å². The van der Waals surface area contributed by atoms with Gasteiger partial charge in [-0.1, -0.05) is 29.3 Å². The van der Waals surface area contributed by atoms with Gasteiger partial charge in [0.1, 0.15) is 5.84 Å². The number of aryl methyl sites for hydroxylation is 1. The number of benzene rings is 2. The maximum atomic E-state index is 6.14. The van der Waals surface area contributed by atoms with Gasteiger partial charge < -0.3 is 10.3 Å². The average Bonchev–Trinajstić information content (AvgIpc) is 3.11. The first-order valence-corrected chi connectivity index (χ1v) is 8.25. The zero-order valence-corrected chi connectivity index (χ0v) is 14.1. The van der Waals surface area contributed by atoms with Gasteiger partial charge in [0.05, 0.1) is 6.54 Å². The molecule has 2 aromatic carbocycles. The topological polar surface area (TPSA) is 40.2 Å². The lowest BCUT2D eigenvalue weighted by atomic mass is 10.0. The van der Waals surface area contributed by atoms with E-state index in [2.05, 4.69) is 40.4 Å². The molecule has 0 bridgehead atoms. The molecular weight excluding hydrogens is 329 g/mol. The normalized spacial score (nSPS) is 14.1. The van der Waals surface area contributed by atoms with Crippen molar-refractivity contribution in [3.63, 3.8) is 0 Å². The number of H-pyrrole nitrogens is 1. The largest absolute Gasteiger partial charge is 0.368 e. The Balaban J connectivity index is 1.91. The molecule has 0 saturated carbocycles. The van der Waals surface area contributed by atoms with Crippen LogP contribution in [0.3, 0.4) is 0 Å². The number of amidine groups is 1. The predicted molar refractivity (Wildman–Crippen MR) is 97.9 cm³/mol. The van der Waals surface area contributed by atoms with Gasteiger partial charge in [0.2, 0.25) is 0 Å². The molecule has 0 fully saturated rings. The quantitative estimate of drug-likeness (QED) is 0.689. The van der Waals surface area contributed by atoms with Gasteiger partial charge in [-0.15, -0.1) is 0 Å². The van der Waals surface area contributed by atoms with Crippen molar-refractivity contribution >= 4 is 39.9 Å². The number of halogens is 2. The minimum absolute atomic E-state index is 0.639. The maximum absolute atomic E-state index is 6.14. The summed E-state index contributed by atoms with van der Waals surface area (Å²) >= 11 is 12.3. The number of nitrogens with one attached hydrogen (secondary N) is 2. The lowest BCUT2D eigenvalue weighted by Crippen LogP contribution is -2.19. The third-order valence-electron chi connectivity index (χ3n) is 4.09. The van der Waals surface area contributed by atoms with Gasteiger partial charge in [0.15, 0.2) is 0 Å². The summed E-state index contributed by atoms with van der Waals surface area (Å²) in [5.41, 5.74) is 5.46. The molecule has 1 aliphatic heterocycles. The molecule has 0 aliphatic carbocycles. The second-order valence-electron chi connectivity index (χ2n) is 5.70. The molecule has 2 heterocycles. The molecule has 1 aromatic heterocycles. The highest BCUT2D eigenvalue weighted by Crippen LogP contribution is 2.31. The Hall–Kier alpha value is -1.97. The van der Waals surface area contributed by atoms with E-state index in [1.165, 1.54) is 0 Å². The summed E-state index contributed by atoms with van der Waals surface area (Å²) < 4.78 is 0. The van der Waals surface area contributed by atoms with Gasteiger partial charge in [-0.05, 0) is 48.4 Å². The number of aromatic amines is 1. The maximum Gasteiger partial charge on any atom is 0.130 e. The van der Waals surface area contributed by atoms with Crippen LogP contribution in [0.15, 0.2) is 41.4 Å². The fourth-order valence-electron chi connectivity index (χ4n) is 3.10. The Morgan fingerprint density at radius 2 is 1.78 bits per heavy atom. The molecular formula is C18H15Cl2N3. The summed E-state index contributed by atoms with van der Waals surface area (Å²) in [7, 11) is 0. The van der Waals surface area contributed by atoms with E-state index in [1.807, 2.05) is 12.1 Å². The van der Waals surface area contributed by atoms with Crippen LogP contribution < -0.4 is 5.32 Å². The van der Waals surface area contributed by atoms with Crippen LogP contribution in [0.4, 0.5) is 0 Å². The van der Waals surface area contributed by atoms with Crippen molar-refractivity contribution in [2.24, 2.45) is 4.99 Å². The van der Waals surface area contributed by atoms with Gasteiger partial charge in [-0.3, -0.25) is 4.99 Å². The van der Waals surface area contributed by atoms with Crippen LogP contribution in [0.2, 0.25) is 10.0 Å². The van der Waals surface area contributed by atoms with Gasteiger partial charge >= 0.3 is 0 Å². The molecule has 0 amide bonds. The first kappa shape index (κ1) is 14.6. The molecule has 116 valence electrons.